The highest BCUT2D eigenvalue weighted by Gasteiger charge is 2.53. The fourth-order valence-corrected chi connectivity index (χ4v) is 14.0. The molecule has 498 valence electrons. The summed E-state index contributed by atoms with van der Waals surface area (Å²) in [5.41, 5.74) is 3.25. The van der Waals surface area contributed by atoms with Crippen LogP contribution in [-0.4, -0.2) is 213 Å². The van der Waals surface area contributed by atoms with E-state index in [-0.39, 0.29) is 48.8 Å². The first-order valence-electron chi connectivity index (χ1n) is 33.0. The zero-order chi connectivity index (χ0) is 64.5. The van der Waals surface area contributed by atoms with Gasteiger partial charge in [-0.1, -0.05) is 71.1 Å². The largest absolute Gasteiger partial charge is 0.460 e. The summed E-state index contributed by atoms with van der Waals surface area (Å²) in [5, 5.41) is 23.9. The van der Waals surface area contributed by atoms with Crippen molar-refractivity contribution in [2.45, 2.75) is 206 Å². The molecule has 1 saturated carbocycles. The number of hydrogen-bond donors (Lipinski definition) is 2. The molecule has 2 bridgehead atoms. The van der Waals surface area contributed by atoms with Gasteiger partial charge in [0.25, 0.3) is 11.7 Å². The van der Waals surface area contributed by atoms with Crippen LogP contribution < -0.4 is 4.90 Å². The Morgan fingerprint density at radius 3 is 2.28 bits per heavy atom. The van der Waals surface area contributed by atoms with Gasteiger partial charge in [-0.25, -0.2) is 19.6 Å². The van der Waals surface area contributed by atoms with E-state index in [2.05, 4.69) is 9.80 Å². The van der Waals surface area contributed by atoms with Crippen LogP contribution in [0.25, 0.3) is 0 Å². The van der Waals surface area contributed by atoms with Crippen molar-refractivity contribution in [2.24, 2.45) is 35.5 Å². The van der Waals surface area contributed by atoms with Gasteiger partial charge in [0.2, 0.25) is 11.7 Å². The fourth-order valence-electron chi connectivity index (χ4n) is 14.0. The van der Waals surface area contributed by atoms with Gasteiger partial charge in [-0.05, 0) is 114 Å². The maximum absolute atomic E-state index is 14.9. The summed E-state index contributed by atoms with van der Waals surface area (Å²) >= 11 is 0. The van der Waals surface area contributed by atoms with Crippen LogP contribution >= 0.6 is 0 Å². The van der Waals surface area contributed by atoms with Crippen molar-refractivity contribution >= 4 is 35.5 Å². The molecule has 3 saturated heterocycles. The average Bonchev–Trinajstić information content (AvgIpc) is 1.14. The molecule has 2 amide bonds. The van der Waals surface area contributed by atoms with Crippen LogP contribution in [-0.2, 0) is 70.0 Å². The summed E-state index contributed by atoms with van der Waals surface area (Å²) in [6.45, 7) is 22.0. The fraction of sp³-hybridized carbons (Fsp3) is 0.750. The number of anilines is 1. The third-order valence-corrected chi connectivity index (χ3v) is 19.8. The number of carbonyl (C=O) groups is 5. The number of aliphatic hydroxyl groups is 2. The maximum Gasteiger partial charge on any atom is 0.410 e. The molecule has 5 aliphatic heterocycles. The standard InChI is InChI=1S/C68H106N6O15/c1-13-86-34-33-71-29-31-72(32-30-71)66-69-41-51-42-73(28-26-53(51)70-66)67(80)88-55-25-23-50(38-59(55)84-11)37-46(5)58-40-57(83-10)45(4)36-48(7)61(76)62(85-12)60(75)47(6)35-43(2)19-15-14-16-20-44(3)56(82-9)39-52-24-22-49(8)68(81,89-52)63(77)64(78)74-27-18-17-21-54(74)65(79)87-58/h14-16,19-20,36,41,43,45-47,49-50,52,54-59,61-62,76,81H,13,17-18,21-35,37-40,42H2,1-12H3/b16-14+,19-15+,44-20+,48-36+/t43-,45-,46-,47-,49-,50+,52+,54+,55-,56+,57-,58+,59-,61-,62+,68-/m1/s1. The highest BCUT2D eigenvalue weighted by Crippen LogP contribution is 2.39. The SMILES string of the molecule is CCOCCN1CCN(c2ncc3c(n2)CCN(C(=O)O[C@@H]2CC[C@@H](C[C@@H](C)[C@@H]4C[C@@H](OC)[C@H](C)/C=C(\C)[C@@H](O)[C@@H](OC)C(=O)[C@H](C)C[C@H](C)/C=C/C=C/C=C(\C)[C@@H](OC)C[C@@H]5CC[C@@H](C)[C@@](O)(O5)C(=O)C(=O)N5CCCC[C@H]5C(=O)O4)C[C@H]2OC)C3)CC1. The molecule has 21 heteroatoms. The molecular formula is C68H106N6O15. The van der Waals surface area contributed by atoms with Crippen molar-refractivity contribution in [2.75, 3.05) is 92.4 Å². The van der Waals surface area contributed by atoms with Gasteiger partial charge in [0, 0.05) is 130 Å². The van der Waals surface area contributed by atoms with Gasteiger partial charge >= 0.3 is 12.1 Å². The van der Waals surface area contributed by atoms with E-state index in [4.69, 9.17) is 47.9 Å². The number of aliphatic hydroxyl groups excluding tert-OH is 1. The number of aromatic nitrogens is 2. The molecule has 0 spiro atoms. The molecule has 21 nitrogen and oxygen atoms in total. The number of rotatable bonds is 13. The van der Waals surface area contributed by atoms with Crippen LogP contribution in [0.1, 0.15) is 144 Å². The van der Waals surface area contributed by atoms with E-state index in [1.165, 1.54) is 12.0 Å². The van der Waals surface area contributed by atoms with Crippen molar-refractivity contribution < 1.29 is 72.1 Å². The minimum absolute atomic E-state index is 0.0240. The first-order valence-corrected chi connectivity index (χ1v) is 33.0. The van der Waals surface area contributed by atoms with Crippen molar-refractivity contribution in [3.63, 3.8) is 0 Å². The first kappa shape index (κ1) is 71.5. The number of Topliss-reactive ketones (excluding diaryl/α,β-unsaturated/α-hetero) is 2. The quantitative estimate of drug-likeness (QED) is 0.0830. The van der Waals surface area contributed by atoms with E-state index in [0.29, 0.717) is 95.9 Å². The molecule has 6 aliphatic rings. The maximum atomic E-state index is 14.9. The molecule has 0 aromatic carbocycles. The summed E-state index contributed by atoms with van der Waals surface area (Å²) in [4.78, 5) is 89.2. The van der Waals surface area contributed by atoms with E-state index in [1.54, 1.807) is 40.1 Å². The molecule has 1 aromatic heterocycles. The second-order valence-corrected chi connectivity index (χ2v) is 26.2. The predicted molar refractivity (Wildman–Crippen MR) is 336 cm³/mol. The third kappa shape index (κ3) is 18.9. The highest BCUT2D eigenvalue weighted by molar-refractivity contribution is 6.39. The summed E-state index contributed by atoms with van der Waals surface area (Å²) in [5.74, 6) is -6.40. The number of hydrogen-bond acceptors (Lipinski definition) is 19. The number of esters is 1. The van der Waals surface area contributed by atoms with E-state index < -0.39 is 96.2 Å². The number of fused-ring (bicyclic) bond motifs is 4. The van der Waals surface area contributed by atoms with Crippen LogP contribution in [0.5, 0.6) is 0 Å². The average molecular weight is 1250 g/mol. The zero-order valence-electron chi connectivity index (χ0n) is 55.4. The second-order valence-electron chi connectivity index (χ2n) is 26.2. The van der Waals surface area contributed by atoms with Gasteiger partial charge in [-0.15, -0.1) is 0 Å². The molecule has 6 heterocycles. The zero-order valence-corrected chi connectivity index (χ0v) is 55.4. The number of cyclic esters (lactones) is 1. The highest BCUT2D eigenvalue weighted by atomic mass is 16.6. The van der Waals surface area contributed by atoms with E-state index >= 15 is 0 Å². The normalized spacial score (nSPS) is 35.5. The Bertz CT molecular complexity index is 2630. The van der Waals surface area contributed by atoms with Crippen LogP contribution in [0.2, 0.25) is 0 Å². The number of nitrogens with zero attached hydrogens (tertiary/aromatic N) is 6. The predicted octanol–water partition coefficient (Wildman–Crippen LogP) is 7.78. The number of allylic oxidation sites excluding steroid dienone is 5. The van der Waals surface area contributed by atoms with E-state index in [9.17, 15) is 34.2 Å². The van der Waals surface area contributed by atoms with Crippen LogP contribution in [0, 0.1) is 35.5 Å². The number of carbonyl (C=O) groups excluding carboxylic acids is 5. The molecule has 1 aliphatic carbocycles. The van der Waals surface area contributed by atoms with Crippen molar-refractivity contribution in [3.8, 4) is 0 Å². The molecule has 4 fully saturated rings. The van der Waals surface area contributed by atoms with Gasteiger partial charge in [0.15, 0.2) is 5.78 Å². The third-order valence-electron chi connectivity index (χ3n) is 19.8. The summed E-state index contributed by atoms with van der Waals surface area (Å²) in [6, 6.07) is -1.12. The van der Waals surface area contributed by atoms with Crippen molar-refractivity contribution in [3.05, 3.63) is 65.1 Å². The lowest BCUT2D eigenvalue weighted by atomic mass is 9.78. The molecule has 0 radical (unpaired) electrons. The number of piperidine rings is 1. The smallest absolute Gasteiger partial charge is 0.410 e. The van der Waals surface area contributed by atoms with Gasteiger partial charge in [-0.3, -0.25) is 19.3 Å². The Balaban J connectivity index is 1.07. The van der Waals surface area contributed by atoms with Crippen LogP contribution in [0.15, 0.2) is 53.8 Å². The number of methoxy groups -OCH3 is 4. The lowest BCUT2D eigenvalue weighted by Gasteiger charge is -2.43. The first-order chi connectivity index (χ1) is 42.6. The van der Waals surface area contributed by atoms with Crippen molar-refractivity contribution in [1.82, 2.24) is 24.7 Å². The lowest BCUT2D eigenvalue weighted by Crippen LogP contribution is -2.61. The minimum Gasteiger partial charge on any atom is -0.460 e. The number of piperazine rings is 1. The number of ketones is 2. The summed E-state index contributed by atoms with van der Waals surface area (Å²) < 4.78 is 48.6. The van der Waals surface area contributed by atoms with Crippen molar-refractivity contribution in [1.29, 1.82) is 0 Å². The van der Waals surface area contributed by atoms with Gasteiger partial charge in [0.05, 0.1) is 43.3 Å². The van der Waals surface area contributed by atoms with E-state index in [0.717, 1.165) is 62.1 Å². The lowest BCUT2D eigenvalue weighted by molar-refractivity contribution is -0.265. The number of amides is 2. The topological polar surface area (TPSA) is 238 Å². The molecule has 16 atom stereocenters. The monoisotopic (exact) mass is 1250 g/mol. The number of ether oxygens (including phenoxy) is 8. The van der Waals surface area contributed by atoms with Gasteiger partial charge in [-0.2, -0.15) is 0 Å². The van der Waals surface area contributed by atoms with Crippen LogP contribution in [0.3, 0.4) is 0 Å². The second kappa shape index (κ2) is 34.1. The van der Waals surface area contributed by atoms with E-state index in [1.807, 2.05) is 84.2 Å². The molecular weight excluding hydrogens is 1140 g/mol. The Kier molecular flexibility index (Phi) is 27.4. The Labute approximate surface area is 529 Å². The summed E-state index contributed by atoms with van der Waals surface area (Å²) in [7, 11) is 6.23. The molecule has 2 N–H and O–H groups in total. The van der Waals surface area contributed by atoms with Gasteiger partial charge in [0.1, 0.15) is 30.5 Å². The summed E-state index contributed by atoms with van der Waals surface area (Å²) in [6.07, 6.45) is 13.7. The van der Waals surface area contributed by atoms with Gasteiger partial charge < -0.3 is 62.8 Å². The van der Waals surface area contributed by atoms with Crippen LogP contribution in [0.4, 0.5) is 10.7 Å². The minimum atomic E-state index is -2.44. The Hall–Kier alpha value is -4.97. The molecule has 0 unspecified atom stereocenters. The molecule has 7 rings (SSSR count). The molecule has 1 aromatic rings. The Morgan fingerprint density at radius 1 is 0.820 bits per heavy atom. The molecule has 89 heavy (non-hydrogen) atoms. The Morgan fingerprint density at radius 2 is 1.57 bits per heavy atom.